The number of fused-ring (bicyclic) bond motifs is 1. The van der Waals surface area contributed by atoms with Gasteiger partial charge in [0.25, 0.3) is 0 Å². The number of hydrogen-bond donors (Lipinski definition) is 1. The molecule has 0 bridgehead atoms. The van der Waals surface area contributed by atoms with Crippen molar-refractivity contribution in [3.05, 3.63) is 50.5 Å². The number of nitrogens with one attached hydrogen (secondary N) is 1. The minimum atomic E-state index is 0.242. The molecule has 1 aromatic carbocycles. The van der Waals surface area contributed by atoms with Crippen molar-refractivity contribution in [2.24, 2.45) is 0 Å². The van der Waals surface area contributed by atoms with Crippen LogP contribution >= 0.6 is 11.3 Å². The number of benzene rings is 1. The van der Waals surface area contributed by atoms with Gasteiger partial charge in [-0.2, -0.15) is 0 Å². The molecule has 1 atom stereocenters. The van der Waals surface area contributed by atoms with Gasteiger partial charge in [0.1, 0.15) is 5.01 Å². The molecular weight excluding hydrogens is 276 g/mol. The monoisotopic (exact) mass is 300 g/mol. The van der Waals surface area contributed by atoms with Gasteiger partial charge in [-0.3, -0.25) is 0 Å². The zero-order valence-corrected chi connectivity index (χ0v) is 14.0. The summed E-state index contributed by atoms with van der Waals surface area (Å²) >= 11 is 1.92. The molecule has 1 aromatic heterocycles. The van der Waals surface area contributed by atoms with Crippen molar-refractivity contribution < 1.29 is 0 Å². The van der Waals surface area contributed by atoms with E-state index in [9.17, 15) is 0 Å². The largest absolute Gasteiger partial charge is 0.305 e. The van der Waals surface area contributed by atoms with E-state index in [4.69, 9.17) is 4.98 Å². The summed E-state index contributed by atoms with van der Waals surface area (Å²) in [4.78, 5) is 6.50. The summed E-state index contributed by atoms with van der Waals surface area (Å²) in [6.07, 6.45) is 5.01. The van der Waals surface area contributed by atoms with Crippen LogP contribution < -0.4 is 5.32 Å². The van der Waals surface area contributed by atoms with Crippen LogP contribution in [0.3, 0.4) is 0 Å². The second-order valence-corrected chi connectivity index (χ2v) is 7.04. The van der Waals surface area contributed by atoms with Gasteiger partial charge < -0.3 is 5.32 Å². The normalized spacial score (nSPS) is 15.8. The lowest BCUT2D eigenvalue weighted by Gasteiger charge is -2.20. The molecule has 21 heavy (non-hydrogen) atoms. The molecule has 0 saturated carbocycles. The molecule has 2 nitrogen and oxygen atoms in total. The predicted octanol–water partition coefficient (Wildman–Crippen LogP) is 4.34. The SMILES string of the molecule is CCNC(c1nc2c(s1)CCCC2)c1c(C)cccc1C. The van der Waals surface area contributed by atoms with Gasteiger partial charge in [-0.15, -0.1) is 11.3 Å². The topological polar surface area (TPSA) is 24.9 Å². The quantitative estimate of drug-likeness (QED) is 0.908. The molecule has 1 N–H and O–H groups in total. The molecule has 1 heterocycles. The Morgan fingerprint density at radius 3 is 2.57 bits per heavy atom. The van der Waals surface area contributed by atoms with Gasteiger partial charge in [0.2, 0.25) is 0 Å². The van der Waals surface area contributed by atoms with Crippen LogP contribution in [0, 0.1) is 13.8 Å². The molecule has 3 rings (SSSR count). The van der Waals surface area contributed by atoms with E-state index < -0.39 is 0 Å². The van der Waals surface area contributed by atoms with Gasteiger partial charge in [0.05, 0.1) is 11.7 Å². The maximum atomic E-state index is 4.98. The highest BCUT2D eigenvalue weighted by Gasteiger charge is 2.23. The lowest BCUT2D eigenvalue weighted by atomic mass is 9.96. The molecular formula is C18H24N2S. The van der Waals surface area contributed by atoms with Crippen molar-refractivity contribution in [1.82, 2.24) is 10.3 Å². The highest BCUT2D eigenvalue weighted by Crippen LogP contribution is 2.34. The summed E-state index contributed by atoms with van der Waals surface area (Å²) in [5.74, 6) is 0. The predicted molar refractivity (Wildman–Crippen MR) is 90.2 cm³/mol. The zero-order chi connectivity index (χ0) is 14.8. The number of aryl methyl sites for hydroxylation is 4. The molecule has 1 unspecified atom stereocenters. The van der Waals surface area contributed by atoms with E-state index in [1.54, 1.807) is 0 Å². The average molecular weight is 300 g/mol. The molecule has 3 heteroatoms. The molecule has 0 radical (unpaired) electrons. The molecule has 112 valence electrons. The fourth-order valence-electron chi connectivity index (χ4n) is 3.30. The Kier molecular flexibility index (Phi) is 4.41. The Morgan fingerprint density at radius 1 is 1.19 bits per heavy atom. The minimum Gasteiger partial charge on any atom is -0.305 e. The van der Waals surface area contributed by atoms with Gasteiger partial charge in [0.15, 0.2) is 0 Å². The highest BCUT2D eigenvalue weighted by atomic mass is 32.1. The maximum Gasteiger partial charge on any atom is 0.115 e. The van der Waals surface area contributed by atoms with Gasteiger partial charge in [0, 0.05) is 4.88 Å². The first-order valence-electron chi connectivity index (χ1n) is 7.98. The average Bonchev–Trinajstić information content (AvgIpc) is 2.89. The van der Waals surface area contributed by atoms with Gasteiger partial charge in [-0.25, -0.2) is 4.98 Å². The first-order chi connectivity index (χ1) is 10.2. The summed E-state index contributed by atoms with van der Waals surface area (Å²) in [6, 6.07) is 6.80. The van der Waals surface area contributed by atoms with Gasteiger partial charge >= 0.3 is 0 Å². The molecule has 0 fully saturated rings. The standard InChI is InChI=1S/C18H24N2S/c1-4-19-17(16-12(2)8-7-9-13(16)3)18-20-14-10-5-6-11-15(14)21-18/h7-9,17,19H,4-6,10-11H2,1-3H3. The second-order valence-electron chi connectivity index (χ2n) is 5.93. The van der Waals surface area contributed by atoms with Crippen molar-refractivity contribution in [2.45, 2.75) is 52.5 Å². The van der Waals surface area contributed by atoms with E-state index in [0.717, 1.165) is 13.0 Å². The van der Waals surface area contributed by atoms with Gasteiger partial charge in [-0.05, 0) is 62.8 Å². The number of hydrogen-bond acceptors (Lipinski definition) is 3. The molecule has 0 spiro atoms. The Hall–Kier alpha value is -1.19. The summed E-state index contributed by atoms with van der Waals surface area (Å²) in [5.41, 5.74) is 5.48. The molecule has 1 aliphatic carbocycles. The van der Waals surface area contributed by atoms with Crippen LogP contribution in [0.15, 0.2) is 18.2 Å². The highest BCUT2D eigenvalue weighted by molar-refractivity contribution is 7.11. The third-order valence-electron chi connectivity index (χ3n) is 4.35. The van der Waals surface area contributed by atoms with Crippen LogP contribution in [0.1, 0.15) is 58.1 Å². The third-order valence-corrected chi connectivity index (χ3v) is 5.57. The number of thiazole rings is 1. The Morgan fingerprint density at radius 2 is 1.90 bits per heavy atom. The minimum absolute atomic E-state index is 0.242. The smallest absolute Gasteiger partial charge is 0.115 e. The first-order valence-corrected chi connectivity index (χ1v) is 8.80. The number of nitrogens with zero attached hydrogens (tertiary/aromatic N) is 1. The van der Waals surface area contributed by atoms with Crippen LogP contribution in [0.2, 0.25) is 0 Å². The summed E-state index contributed by atoms with van der Waals surface area (Å²) in [5, 5.41) is 4.90. The summed E-state index contributed by atoms with van der Waals surface area (Å²) < 4.78 is 0. The fraction of sp³-hybridized carbons (Fsp3) is 0.500. The van der Waals surface area contributed by atoms with E-state index in [1.165, 1.54) is 51.5 Å². The van der Waals surface area contributed by atoms with Crippen LogP contribution in [0.25, 0.3) is 0 Å². The number of rotatable bonds is 4. The van der Waals surface area contributed by atoms with Crippen molar-refractivity contribution >= 4 is 11.3 Å². The molecule has 1 aliphatic rings. The molecule has 2 aromatic rings. The lowest BCUT2D eigenvalue weighted by molar-refractivity contribution is 0.615. The first kappa shape index (κ1) is 14.7. The van der Waals surface area contributed by atoms with Crippen molar-refractivity contribution in [2.75, 3.05) is 6.54 Å². The van der Waals surface area contributed by atoms with Crippen LogP contribution in [0.4, 0.5) is 0 Å². The van der Waals surface area contributed by atoms with Crippen molar-refractivity contribution in [1.29, 1.82) is 0 Å². The summed E-state index contributed by atoms with van der Waals surface area (Å²) in [7, 11) is 0. The Balaban J connectivity index is 2.03. The number of aromatic nitrogens is 1. The van der Waals surface area contributed by atoms with Crippen molar-refractivity contribution in [3.8, 4) is 0 Å². The van der Waals surface area contributed by atoms with E-state index >= 15 is 0 Å². The zero-order valence-electron chi connectivity index (χ0n) is 13.2. The Bertz CT molecular complexity index is 586. The molecule has 0 aliphatic heterocycles. The van der Waals surface area contributed by atoms with Gasteiger partial charge in [-0.1, -0.05) is 25.1 Å². The van der Waals surface area contributed by atoms with E-state index in [2.05, 4.69) is 44.3 Å². The maximum absolute atomic E-state index is 4.98. The fourth-order valence-corrected chi connectivity index (χ4v) is 4.53. The van der Waals surface area contributed by atoms with Crippen LogP contribution in [0.5, 0.6) is 0 Å². The third kappa shape index (κ3) is 2.90. The second kappa shape index (κ2) is 6.29. The molecule has 0 amide bonds. The van der Waals surface area contributed by atoms with Crippen LogP contribution in [-0.2, 0) is 12.8 Å². The lowest BCUT2D eigenvalue weighted by Crippen LogP contribution is -2.23. The summed E-state index contributed by atoms with van der Waals surface area (Å²) in [6.45, 7) is 7.55. The molecule has 0 saturated heterocycles. The Labute approximate surface area is 131 Å². The van der Waals surface area contributed by atoms with E-state index in [-0.39, 0.29) is 6.04 Å². The van der Waals surface area contributed by atoms with Crippen LogP contribution in [-0.4, -0.2) is 11.5 Å². The van der Waals surface area contributed by atoms with E-state index in [0.29, 0.717) is 0 Å². The van der Waals surface area contributed by atoms with Crippen molar-refractivity contribution in [3.63, 3.8) is 0 Å². The van der Waals surface area contributed by atoms with E-state index in [1.807, 2.05) is 11.3 Å².